The number of amidine groups is 1. The van der Waals surface area contributed by atoms with E-state index in [9.17, 15) is 9.59 Å². The zero-order valence-corrected chi connectivity index (χ0v) is 15.5. The second-order valence-corrected chi connectivity index (χ2v) is 6.46. The molecule has 1 unspecified atom stereocenters. The van der Waals surface area contributed by atoms with E-state index in [1.54, 1.807) is 31.1 Å². The fourth-order valence-electron chi connectivity index (χ4n) is 3.01. The van der Waals surface area contributed by atoms with E-state index < -0.39 is 0 Å². The second kappa shape index (κ2) is 7.52. The normalized spacial score (nSPS) is 17.9. The predicted octanol–water partition coefficient (Wildman–Crippen LogP) is 0.245. The van der Waals surface area contributed by atoms with Crippen molar-refractivity contribution < 1.29 is 4.79 Å². The highest BCUT2D eigenvalue weighted by Gasteiger charge is 2.29. The third kappa shape index (κ3) is 3.94. The van der Waals surface area contributed by atoms with Crippen LogP contribution in [0.4, 0.5) is 10.7 Å². The molecular weight excluding hydrogens is 348 g/mol. The SMILES string of the molecule is C/C(N)=N/C(=O)N1CCN(c2nc(-c3ccncn3)cc(=O)n2C)C(C)C1. The van der Waals surface area contributed by atoms with Crippen LogP contribution in [0.3, 0.4) is 0 Å². The smallest absolute Gasteiger partial charge is 0.345 e. The molecule has 2 amide bonds. The Hall–Kier alpha value is -3.30. The van der Waals surface area contributed by atoms with Crippen LogP contribution in [0.2, 0.25) is 0 Å². The van der Waals surface area contributed by atoms with Crippen molar-refractivity contribution in [1.82, 2.24) is 24.4 Å². The fourth-order valence-corrected chi connectivity index (χ4v) is 3.01. The Morgan fingerprint density at radius 2 is 2.11 bits per heavy atom. The Labute approximate surface area is 156 Å². The van der Waals surface area contributed by atoms with Crippen molar-refractivity contribution in [3.63, 3.8) is 0 Å². The van der Waals surface area contributed by atoms with Crippen LogP contribution in [0.15, 0.2) is 34.4 Å². The summed E-state index contributed by atoms with van der Waals surface area (Å²) < 4.78 is 1.50. The Morgan fingerprint density at radius 3 is 2.74 bits per heavy atom. The lowest BCUT2D eigenvalue weighted by molar-refractivity contribution is 0.196. The van der Waals surface area contributed by atoms with E-state index in [4.69, 9.17) is 5.73 Å². The highest BCUT2D eigenvalue weighted by atomic mass is 16.2. The van der Waals surface area contributed by atoms with Gasteiger partial charge in [0, 0.05) is 45.0 Å². The maximum absolute atomic E-state index is 12.4. The molecule has 1 saturated heterocycles. The lowest BCUT2D eigenvalue weighted by Crippen LogP contribution is -2.54. The second-order valence-electron chi connectivity index (χ2n) is 6.46. The number of piperazine rings is 1. The molecule has 1 aliphatic rings. The number of hydrogen-bond acceptors (Lipinski definition) is 6. The van der Waals surface area contributed by atoms with Crippen molar-refractivity contribution in [3.8, 4) is 11.4 Å². The molecule has 2 aromatic heterocycles. The van der Waals surface area contributed by atoms with E-state index in [-0.39, 0.29) is 23.5 Å². The summed E-state index contributed by atoms with van der Waals surface area (Å²) in [6.45, 7) is 5.01. The van der Waals surface area contributed by atoms with Crippen molar-refractivity contribution in [3.05, 3.63) is 35.0 Å². The Bertz CT molecular complexity index is 920. The third-order valence-electron chi connectivity index (χ3n) is 4.38. The molecule has 0 radical (unpaired) electrons. The van der Waals surface area contributed by atoms with Gasteiger partial charge in [0.05, 0.1) is 11.4 Å². The van der Waals surface area contributed by atoms with Crippen LogP contribution in [0.25, 0.3) is 11.4 Å². The molecule has 10 nitrogen and oxygen atoms in total. The number of nitrogens with zero attached hydrogens (tertiary/aromatic N) is 7. The van der Waals surface area contributed by atoms with Crippen LogP contribution < -0.4 is 16.2 Å². The van der Waals surface area contributed by atoms with Gasteiger partial charge in [-0.05, 0) is 19.9 Å². The average molecular weight is 370 g/mol. The van der Waals surface area contributed by atoms with Crippen molar-refractivity contribution in [1.29, 1.82) is 0 Å². The third-order valence-corrected chi connectivity index (χ3v) is 4.38. The van der Waals surface area contributed by atoms with Crippen molar-refractivity contribution >= 4 is 17.8 Å². The van der Waals surface area contributed by atoms with Crippen LogP contribution in [0.5, 0.6) is 0 Å². The molecule has 1 aliphatic heterocycles. The summed E-state index contributed by atoms with van der Waals surface area (Å²) in [5, 5.41) is 0. The minimum absolute atomic E-state index is 0.0465. The van der Waals surface area contributed by atoms with Gasteiger partial charge in [0.1, 0.15) is 12.2 Å². The molecule has 0 aliphatic carbocycles. The molecule has 1 fully saturated rings. The first-order chi connectivity index (χ1) is 12.9. The summed E-state index contributed by atoms with van der Waals surface area (Å²) >= 11 is 0. The van der Waals surface area contributed by atoms with Gasteiger partial charge in [-0.15, -0.1) is 0 Å². The number of aliphatic imine (C=N–C) groups is 1. The van der Waals surface area contributed by atoms with Gasteiger partial charge in [0.25, 0.3) is 5.56 Å². The standard InChI is InChI=1S/C17H22N8O2/c1-11-9-24(17(27)21-12(2)18)6-7-25(11)16-22-14(8-15(26)23(16)3)13-4-5-19-10-20-13/h4-5,8,10-11H,6-7,9H2,1-3H3,(H2,18,21,27). The van der Waals surface area contributed by atoms with Crippen molar-refractivity contribution in [2.45, 2.75) is 19.9 Å². The molecule has 2 aromatic rings. The molecule has 3 rings (SSSR count). The van der Waals surface area contributed by atoms with Crippen molar-refractivity contribution in [2.75, 3.05) is 24.5 Å². The largest absolute Gasteiger partial charge is 0.387 e. The lowest BCUT2D eigenvalue weighted by atomic mass is 10.2. The zero-order valence-electron chi connectivity index (χ0n) is 15.5. The summed E-state index contributed by atoms with van der Waals surface area (Å²) in [4.78, 5) is 44.7. The first-order valence-electron chi connectivity index (χ1n) is 8.57. The minimum Gasteiger partial charge on any atom is -0.387 e. The maximum Gasteiger partial charge on any atom is 0.345 e. The van der Waals surface area contributed by atoms with Crippen molar-refractivity contribution in [2.24, 2.45) is 17.8 Å². The minimum atomic E-state index is -0.349. The Morgan fingerprint density at radius 1 is 1.33 bits per heavy atom. The molecule has 27 heavy (non-hydrogen) atoms. The summed E-state index contributed by atoms with van der Waals surface area (Å²) in [7, 11) is 1.68. The first kappa shape index (κ1) is 18.5. The summed E-state index contributed by atoms with van der Waals surface area (Å²) in [5.41, 5.74) is 6.39. The predicted molar refractivity (Wildman–Crippen MR) is 102 cm³/mol. The molecule has 0 aromatic carbocycles. The van der Waals surface area contributed by atoms with Crippen LogP contribution in [-0.2, 0) is 7.05 Å². The molecule has 0 spiro atoms. The molecule has 10 heteroatoms. The number of nitrogens with two attached hydrogens (primary N) is 1. The highest BCUT2D eigenvalue weighted by molar-refractivity contribution is 5.91. The average Bonchev–Trinajstić information content (AvgIpc) is 2.64. The van der Waals surface area contributed by atoms with Gasteiger partial charge in [0.15, 0.2) is 0 Å². The molecule has 3 heterocycles. The highest BCUT2D eigenvalue weighted by Crippen LogP contribution is 2.20. The number of urea groups is 1. The summed E-state index contributed by atoms with van der Waals surface area (Å²) in [5.74, 6) is 0.769. The van der Waals surface area contributed by atoms with Gasteiger partial charge in [-0.3, -0.25) is 9.36 Å². The molecule has 1 atom stereocenters. The molecule has 0 bridgehead atoms. The van der Waals surface area contributed by atoms with Gasteiger partial charge in [0.2, 0.25) is 5.95 Å². The molecule has 2 N–H and O–H groups in total. The summed E-state index contributed by atoms with van der Waals surface area (Å²) in [6, 6.07) is 2.76. The topological polar surface area (TPSA) is 123 Å². The zero-order chi connectivity index (χ0) is 19.6. The van der Waals surface area contributed by atoms with E-state index in [2.05, 4.69) is 19.9 Å². The van der Waals surface area contributed by atoms with E-state index in [1.165, 1.54) is 17.0 Å². The quantitative estimate of drug-likeness (QED) is 0.593. The monoisotopic (exact) mass is 370 g/mol. The lowest BCUT2D eigenvalue weighted by Gasteiger charge is -2.40. The number of hydrogen-bond donors (Lipinski definition) is 1. The van der Waals surface area contributed by atoms with Gasteiger partial charge in [-0.1, -0.05) is 0 Å². The van der Waals surface area contributed by atoms with Gasteiger partial charge < -0.3 is 15.5 Å². The molecule has 142 valence electrons. The van der Waals surface area contributed by atoms with E-state index in [0.29, 0.717) is 37.0 Å². The Kier molecular flexibility index (Phi) is 5.15. The number of carbonyl (C=O) groups excluding carboxylic acids is 1. The van der Waals surface area contributed by atoms with Crippen LogP contribution in [-0.4, -0.2) is 62.0 Å². The molecular formula is C17H22N8O2. The first-order valence-corrected chi connectivity index (χ1v) is 8.57. The van der Waals surface area contributed by atoms with Gasteiger partial charge >= 0.3 is 6.03 Å². The fraction of sp³-hybridized carbons (Fsp3) is 0.412. The number of aromatic nitrogens is 4. The van der Waals surface area contributed by atoms with E-state index in [1.807, 2.05) is 11.8 Å². The summed E-state index contributed by atoms with van der Waals surface area (Å²) in [6.07, 6.45) is 3.02. The van der Waals surface area contributed by atoms with Gasteiger partial charge in [-0.2, -0.15) is 4.99 Å². The van der Waals surface area contributed by atoms with Crippen LogP contribution in [0, 0.1) is 0 Å². The number of anilines is 1. The van der Waals surface area contributed by atoms with E-state index >= 15 is 0 Å². The van der Waals surface area contributed by atoms with Crippen LogP contribution in [0.1, 0.15) is 13.8 Å². The molecule has 0 saturated carbocycles. The number of rotatable bonds is 2. The van der Waals surface area contributed by atoms with Gasteiger partial charge in [-0.25, -0.2) is 19.7 Å². The maximum atomic E-state index is 12.4. The number of carbonyl (C=O) groups is 1. The Balaban J connectivity index is 1.89. The van der Waals surface area contributed by atoms with E-state index in [0.717, 1.165) is 0 Å². The van der Waals surface area contributed by atoms with Crippen LogP contribution >= 0.6 is 0 Å². The number of amides is 2.